The molecule has 0 fully saturated rings. The van der Waals surface area contributed by atoms with Gasteiger partial charge in [0.15, 0.2) is 5.82 Å². The SMILES string of the molecule is CC[C@@H](C)NC(=O)c1ccc(NC(=O)NCc2nncn2CC)cc1. The van der Waals surface area contributed by atoms with E-state index in [0.29, 0.717) is 17.1 Å². The summed E-state index contributed by atoms with van der Waals surface area (Å²) < 4.78 is 1.85. The Bertz CT molecular complexity index is 710. The fourth-order valence-corrected chi connectivity index (χ4v) is 2.13. The van der Waals surface area contributed by atoms with Crippen molar-refractivity contribution in [3.05, 3.63) is 42.0 Å². The highest BCUT2D eigenvalue weighted by Crippen LogP contribution is 2.10. The smallest absolute Gasteiger partial charge is 0.319 e. The lowest BCUT2D eigenvalue weighted by Gasteiger charge is -2.12. The minimum atomic E-state index is -0.345. The number of hydrogen-bond acceptors (Lipinski definition) is 4. The third kappa shape index (κ3) is 5.30. The standard InChI is InChI=1S/C17H24N6O2/c1-4-12(3)20-16(24)13-6-8-14(9-7-13)21-17(25)18-10-15-22-19-11-23(15)5-2/h6-9,11-12H,4-5,10H2,1-3H3,(H,20,24)(H2,18,21,25)/t12-/m1/s1. The molecule has 2 aromatic rings. The van der Waals surface area contributed by atoms with Crippen molar-refractivity contribution in [3.8, 4) is 0 Å². The fraction of sp³-hybridized carbons (Fsp3) is 0.412. The number of rotatable bonds is 7. The Morgan fingerprint density at radius 3 is 2.56 bits per heavy atom. The molecule has 8 heteroatoms. The molecule has 0 aliphatic rings. The minimum Gasteiger partial charge on any atom is -0.350 e. The molecule has 1 aromatic carbocycles. The van der Waals surface area contributed by atoms with E-state index in [1.807, 2.05) is 25.3 Å². The number of aryl methyl sites for hydroxylation is 1. The molecule has 0 bridgehead atoms. The van der Waals surface area contributed by atoms with Gasteiger partial charge in [0.05, 0.1) is 6.54 Å². The predicted molar refractivity (Wildman–Crippen MR) is 95.2 cm³/mol. The van der Waals surface area contributed by atoms with Crippen LogP contribution in [0.4, 0.5) is 10.5 Å². The Kier molecular flexibility index (Phi) is 6.50. The molecule has 0 aliphatic heterocycles. The molecule has 2 rings (SSSR count). The molecular formula is C17H24N6O2. The van der Waals surface area contributed by atoms with Crippen LogP contribution in [0.3, 0.4) is 0 Å². The summed E-state index contributed by atoms with van der Waals surface area (Å²) in [6, 6.07) is 6.53. The minimum absolute atomic E-state index is 0.121. The van der Waals surface area contributed by atoms with Gasteiger partial charge >= 0.3 is 6.03 Å². The van der Waals surface area contributed by atoms with Crippen molar-refractivity contribution in [2.45, 2.75) is 46.3 Å². The van der Waals surface area contributed by atoms with Crippen molar-refractivity contribution in [2.24, 2.45) is 0 Å². The van der Waals surface area contributed by atoms with Crippen molar-refractivity contribution >= 4 is 17.6 Å². The molecule has 8 nitrogen and oxygen atoms in total. The Morgan fingerprint density at radius 1 is 1.20 bits per heavy atom. The van der Waals surface area contributed by atoms with Crippen LogP contribution in [0.5, 0.6) is 0 Å². The number of aromatic nitrogens is 3. The second-order valence-electron chi connectivity index (χ2n) is 5.70. The highest BCUT2D eigenvalue weighted by Gasteiger charge is 2.09. The first kappa shape index (κ1) is 18.4. The van der Waals surface area contributed by atoms with Crippen molar-refractivity contribution in [2.75, 3.05) is 5.32 Å². The van der Waals surface area contributed by atoms with Gasteiger partial charge in [0, 0.05) is 23.8 Å². The van der Waals surface area contributed by atoms with Crippen LogP contribution in [-0.4, -0.2) is 32.7 Å². The highest BCUT2D eigenvalue weighted by atomic mass is 16.2. The zero-order valence-corrected chi connectivity index (χ0v) is 14.7. The summed E-state index contributed by atoms with van der Waals surface area (Å²) in [6.45, 7) is 6.98. The van der Waals surface area contributed by atoms with Gasteiger partial charge in [-0.05, 0) is 44.5 Å². The van der Waals surface area contributed by atoms with Crippen LogP contribution in [-0.2, 0) is 13.1 Å². The van der Waals surface area contributed by atoms with Gasteiger partial charge in [0.25, 0.3) is 5.91 Å². The number of nitrogens with one attached hydrogen (secondary N) is 3. The maximum atomic E-state index is 12.0. The Balaban J connectivity index is 1.86. The molecule has 25 heavy (non-hydrogen) atoms. The van der Waals surface area contributed by atoms with Gasteiger partial charge < -0.3 is 20.5 Å². The van der Waals surface area contributed by atoms with E-state index in [4.69, 9.17) is 0 Å². The second kappa shape index (κ2) is 8.81. The van der Waals surface area contributed by atoms with E-state index in [0.717, 1.165) is 13.0 Å². The molecule has 1 heterocycles. The number of nitrogens with zero attached hydrogens (tertiary/aromatic N) is 3. The summed E-state index contributed by atoms with van der Waals surface area (Å²) in [5, 5.41) is 16.1. The van der Waals surface area contributed by atoms with Crippen LogP contribution >= 0.6 is 0 Å². The number of carbonyl (C=O) groups excluding carboxylic acids is 2. The summed E-state index contributed by atoms with van der Waals surface area (Å²) in [4.78, 5) is 24.0. The average molecular weight is 344 g/mol. The van der Waals surface area contributed by atoms with E-state index < -0.39 is 0 Å². The predicted octanol–water partition coefficient (Wildman–Crippen LogP) is 2.15. The number of hydrogen-bond donors (Lipinski definition) is 3. The van der Waals surface area contributed by atoms with Crippen LogP contribution in [0, 0.1) is 0 Å². The number of amides is 3. The van der Waals surface area contributed by atoms with Crippen LogP contribution < -0.4 is 16.0 Å². The van der Waals surface area contributed by atoms with Gasteiger partial charge in [0.1, 0.15) is 6.33 Å². The van der Waals surface area contributed by atoms with Gasteiger partial charge in [0.2, 0.25) is 0 Å². The first-order valence-electron chi connectivity index (χ1n) is 8.36. The summed E-state index contributed by atoms with van der Waals surface area (Å²) in [5.41, 5.74) is 1.16. The van der Waals surface area contributed by atoms with Gasteiger partial charge in [-0.15, -0.1) is 10.2 Å². The first-order valence-corrected chi connectivity index (χ1v) is 8.36. The third-order valence-electron chi connectivity index (χ3n) is 3.84. The van der Waals surface area contributed by atoms with E-state index in [1.165, 1.54) is 0 Å². The van der Waals surface area contributed by atoms with Crippen LogP contribution in [0.15, 0.2) is 30.6 Å². The van der Waals surface area contributed by atoms with Crippen molar-refractivity contribution in [1.82, 2.24) is 25.4 Å². The van der Waals surface area contributed by atoms with Crippen LogP contribution in [0.25, 0.3) is 0 Å². The zero-order chi connectivity index (χ0) is 18.2. The molecule has 0 radical (unpaired) electrons. The monoisotopic (exact) mass is 344 g/mol. The maximum Gasteiger partial charge on any atom is 0.319 e. The van der Waals surface area contributed by atoms with E-state index in [2.05, 4.69) is 26.1 Å². The van der Waals surface area contributed by atoms with Crippen molar-refractivity contribution in [1.29, 1.82) is 0 Å². The highest BCUT2D eigenvalue weighted by molar-refractivity contribution is 5.95. The molecule has 1 aromatic heterocycles. The molecule has 0 aliphatic carbocycles. The summed E-state index contributed by atoms with van der Waals surface area (Å²) in [6.07, 6.45) is 2.50. The van der Waals surface area contributed by atoms with Crippen molar-refractivity contribution in [3.63, 3.8) is 0 Å². The number of urea groups is 1. The molecule has 0 saturated heterocycles. The molecular weight excluding hydrogens is 320 g/mol. The van der Waals surface area contributed by atoms with Gasteiger partial charge in [-0.1, -0.05) is 6.92 Å². The number of benzene rings is 1. The summed E-state index contributed by atoms with van der Waals surface area (Å²) >= 11 is 0. The largest absolute Gasteiger partial charge is 0.350 e. The van der Waals surface area contributed by atoms with E-state index in [1.54, 1.807) is 30.6 Å². The van der Waals surface area contributed by atoms with Crippen LogP contribution in [0.1, 0.15) is 43.4 Å². The molecule has 134 valence electrons. The molecule has 0 spiro atoms. The lowest BCUT2D eigenvalue weighted by molar-refractivity contribution is 0.0939. The lowest BCUT2D eigenvalue weighted by Crippen LogP contribution is -2.32. The van der Waals surface area contributed by atoms with E-state index >= 15 is 0 Å². The number of anilines is 1. The molecule has 3 amide bonds. The third-order valence-corrected chi connectivity index (χ3v) is 3.84. The van der Waals surface area contributed by atoms with Gasteiger partial charge in [-0.25, -0.2) is 4.79 Å². The number of carbonyl (C=O) groups is 2. The summed E-state index contributed by atoms with van der Waals surface area (Å²) in [5.74, 6) is 0.568. The van der Waals surface area contributed by atoms with Crippen molar-refractivity contribution < 1.29 is 9.59 Å². The van der Waals surface area contributed by atoms with Crippen LogP contribution in [0.2, 0.25) is 0 Å². The van der Waals surface area contributed by atoms with E-state index in [-0.39, 0.29) is 24.5 Å². The first-order chi connectivity index (χ1) is 12.0. The normalized spacial score (nSPS) is 11.6. The Morgan fingerprint density at radius 2 is 1.92 bits per heavy atom. The zero-order valence-electron chi connectivity index (χ0n) is 14.7. The second-order valence-corrected chi connectivity index (χ2v) is 5.70. The Hall–Kier alpha value is -2.90. The average Bonchev–Trinajstić information content (AvgIpc) is 3.08. The molecule has 1 atom stereocenters. The van der Waals surface area contributed by atoms with Gasteiger partial charge in [-0.2, -0.15) is 0 Å². The Labute approximate surface area is 147 Å². The van der Waals surface area contributed by atoms with E-state index in [9.17, 15) is 9.59 Å². The fourth-order valence-electron chi connectivity index (χ4n) is 2.13. The van der Waals surface area contributed by atoms with Gasteiger partial charge in [-0.3, -0.25) is 4.79 Å². The topological polar surface area (TPSA) is 101 Å². The molecule has 0 saturated carbocycles. The molecule has 0 unspecified atom stereocenters. The summed E-state index contributed by atoms with van der Waals surface area (Å²) in [7, 11) is 0. The maximum absolute atomic E-state index is 12.0. The molecule has 3 N–H and O–H groups in total. The lowest BCUT2D eigenvalue weighted by atomic mass is 10.1. The quantitative estimate of drug-likeness (QED) is 0.716.